The summed E-state index contributed by atoms with van der Waals surface area (Å²) in [5.41, 5.74) is 0.699. The molecular weight excluding hydrogens is 264 g/mol. The first kappa shape index (κ1) is 13.9. The third kappa shape index (κ3) is 3.26. The molecule has 4 nitrogen and oxygen atoms in total. The maximum Gasteiger partial charge on any atom is 0.229 e. The Morgan fingerprint density at radius 1 is 1.37 bits per heavy atom. The van der Waals surface area contributed by atoms with E-state index >= 15 is 0 Å². The fraction of sp³-hybridized carbons (Fsp3) is 0.429. The largest absolute Gasteiger partial charge is 0.339 e. The normalized spacial score (nSPS) is 19.1. The second-order valence-electron chi connectivity index (χ2n) is 5.04. The number of halogens is 1. The number of hydrogen-bond acceptors (Lipinski definition) is 2. The van der Waals surface area contributed by atoms with Crippen LogP contribution < -0.4 is 5.32 Å². The second-order valence-corrected chi connectivity index (χ2v) is 5.47. The molecule has 1 heterocycles. The molecule has 0 aromatic heterocycles. The van der Waals surface area contributed by atoms with Crippen LogP contribution in [-0.4, -0.2) is 29.3 Å². The minimum atomic E-state index is -0.273. The lowest BCUT2D eigenvalue weighted by Crippen LogP contribution is -2.33. The van der Waals surface area contributed by atoms with Crippen LogP contribution >= 0.6 is 11.6 Å². The Morgan fingerprint density at radius 2 is 2.00 bits per heavy atom. The molecular formula is C14H17ClN2O2. The number of carbonyl (C=O) groups is 2. The molecule has 1 atom stereocenters. The molecule has 0 spiro atoms. The Kier molecular flexibility index (Phi) is 4.10. The summed E-state index contributed by atoms with van der Waals surface area (Å²) >= 11 is 5.78. The highest BCUT2D eigenvalue weighted by Gasteiger charge is 2.35. The van der Waals surface area contributed by atoms with Crippen molar-refractivity contribution in [3.63, 3.8) is 0 Å². The number of nitrogens with one attached hydrogen (secondary N) is 1. The van der Waals surface area contributed by atoms with E-state index in [2.05, 4.69) is 5.32 Å². The monoisotopic (exact) mass is 280 g/mol. The molecule has 1 saturated heterocycles. The average Bonchev–Trinajstić information content (AvgIpc) is 2.74. The summed E-state index contributed by atoms with van der Waals surface area (Å²) < 4.78 is 0. The fourth-order valence-electron chi connectivity index (χ4n) is 2.18. The molecule has 1 aromatic rings. The summed E-state index contributed by atoms with van der Waals surface area (Å²) in [5.74, 6) is -0.337. The van der Waals surface area contributed by atoms with Crippen LogP contribution in [0.1, 0.15) is 20.3 Å². The van der Waals surface area contributed by atoms with Gasteiger partial charge in [-0.1, -0.05) is 11.6 Å². The third-order valence-corrected chi connectivity index (χ3v) is 3.52. The summed E-state index contributed by atoms with van der Waals surface area (Å²) in [7, 11) is 0. The topological polar surface area (TPSA) is 49.4 Å². The van der Waals surface area contributed by atoms with Gasteiger partial charge in [0.1, 0.15) is 0 Å². The van der Waals surface area contributed by atoms with E-state index in [9.17, 15) is 9.59 Å². The van der Waals surface area contributed by atoms with Crippen LogP contribution in [0.5, 0.6) is 0 Å². The Balaban J connectivity index is 1.98. The summed E-state index contributed by atoms with van der Waals surface area (Å²) in [6, 6.07) is 7.07. The Hall–Kier alpha value is -1.55. The molecule has 102 valence electrons. The van der Waals surface area contributed by atoms with Crippen molar-refractivity contribution in [3.8, 4) is 0 Å². The molecule has 2 amide bonds. The number of anilines is 1. The van der Waals surface area contributed by atoms with Crippen molar-refractivity contribution >= 4 is 29.1 Å². The number of hydrogen-bond donors (Lipinski definition) is 1. The molecule has 5 heteroatoms. The summed E-state index contributed by atoms with van der Waals surface area (Å²) in [5, 5.41) is 3.44. The van der Waals surface area contributed by atoms with E-state index in [0.717, 1.165) is 0 Å². The van der Waals surface area contributed by atoms with Crippen LogP contribution in [0.15, 0.2) is 24.3 Å². The third-order valence-electron chi connectivity index (χ3n) is 3.26. The molecule has 0 bridgehead atoms. The highest BCUT2D eigenvalue weighted by atomic mass is 35.5. The lowest BCUT2D eigenvalue weighted by molar-refractivity contribution is -0.129. The Labute approximate surface area is 117 Å². The molecule has 0 aliphatic carbocycles. The van der Waals surface area contributed by atoms with Gasteiger partial charge in [0.05, 0.1) is 5.92 Å². The van der Waals surface area contributed by atoms with Gasteiger partial charge in [0, 0.05) is 29.7 Å². The first-order valence-corrected chi connectivity index (χ1v) is 6.71. The number of benzene rings is 1. The van der Waals surface area contributed by atoms with Crippen molar-refractivity contribution in [2.45, 2.75) is 26.3 Å². The van der Waals surface area contributed by atoms with Crippen molar-refractivity contribution in [1.29, 1.82) is 0 Å². The molecule has 1 aliphatic heterocycles. The van der Waals surface area contributed by atoms with Gasteiger partial charge in [-0.25, -0.2) is 0 Å². The maximum atomic E-state index is 12.1. The predicted molar refractivity (Wildman–Crippen MR) is 75.0 cm³/mol. The van der Waals surface area contributed by atoms with E-state index in [4.69, 9.17) is 11.6 Å². The van der Waals surface area contributed by atoms with E-state index in [-0.39, 0.29) is 30.2 Å². The minimum absolute atomic E-state index is 0.0475. The second kappa shape index (κ2) is 5.61. The summed E-state index contributed by atoms with van der Waals surface area (Å²) in [6.45, 7) is 4.41. The van der Waals surface area contributed by atoms with Crippen LogP contribution in [0.25, 0.3) is 0 Å². The predicted octanol–water partition coefficient (Wildman–Crippen LogP) is 2.54. The van der Waals surface area contributed by atoms with Gasteiger partial charge in [-0.05, 0) is 38.1 Å². The first-order chi connectivity index (χ1) is 8.97. The van der Waals surface area contributed by atoms with Gasteiger partial charge in [-0.15, -0.1) is 0 Å². The number of amides is 2. The van der Waals surface area contributed by atoms with Crippen LogP contribution in [0.2, 0.25) is 5.02 Å². The molecule has 2 rings (SSSR count). The van der Waals surface area contributed by atoms with Gasteiger partial charge in [0.25, 0.3) is 0 Å². The molecule has 1 aliphatic rings. The number of likely N-dealkylation sites (tertiary alicyclic amines) is 1. The molecule has 1 fully saturated rings. The smallest absolute Gasteiger partial charge is 0.229 e. The van der Waals surface area contributed by atoms with E-state index in [0.29, 0.717) is 17.3 Å². The number of nitrogens with zero attached hydrogens (tertiary/aromatic N) is 1. The number of rotatable bonds is 3. The zero-order chi connectivity index (χ0) is 14.0. The van der Waals surface area contributed by atoms with Crippen molar-refractivity contribution in [3.05, 3.63) is 29.3 Å². The van der Waals surface area contributed by atoms with Crippen molar-refractivity contribution in [1.82, 2.24) is 4.90 Å². The Morgan fingerprint density at radius 3 is 2.53 bits per heavy atom. The van der Waals surface area contributed by atoms with E-state index < -0.39 is 0 Å². The molecule has 1 aromatic carbocycles. The maximum absolute atomic E-state index is 12.1. The first-order valence-electron chi connectivity index (χ1n) is 6.33. The fourth-order valence-corrected chi connectivity index (χ4v) is 2.31. The summed E-state index contributed by atoms with van der Waals surface area (Å²) in [4.78, 5) is 25.6. The minimum Gasteiger partial charge on any atom is -0.339 e. The average molecular weight is 281 g/mol. The Bertz CT molecular complexity index is 485. The van der Waals surface area contributed by atoms with Crippen LogP contribution in [0.3, 0.4) is 0 Å². The molecule has 1 N–H and O–H groups in total. The van der Waals surface area contributed by atoms with E-state index in [1.54, 1.807) is 29.2 Å². The van der Waals surface area contributed by atoms with Gasteiger partial charge in [-0.3, -0.25) is 9.59 Å². The van der Waals surface area contributed by atoms with Crippen LogP contribution in [0, 0.1) is 5.92 Å². The zero-order valence-corrected chi connectivity index (χ0v) is 11.8. The lowest BCUT2D eigenvalue weighted by Gasteiger charge is -2.20. The van der Waals surface area contributed by atoms with Crippen molar-refractivity contribution < 1.29 is 9.59 Å². The standard InChI is InChI=1S/C14H17ClN2O2/c1-9(2)17-8-10(7-13(17)18)14(19)16-12-5-3-11(15)4-6-12/h3-6,9-10H,7-8H2,1-2H3,(H,16,19)/t10-/m1/s1. The van der Waals surface area contributed by atoms with Crippen molar-refractivity contribution in [2.75, 3.05) is 11.9 Å². The van der Waals surface area contributed by atoms with E-state index in [1.807, 2.05) is 13.8 Å². The van der Waals surface area contributed by atoms with E-state index in [1.165, 1.54) is 0 Å². The highest BCUT2D eigenvalue weighted by molar-refractivity contribution is 6.30. The molecule has 0 radical (unpaired) electrons. The van der Waals surface area contributed by atoms with Gasteiger partial charge >= 0.3 is 0 Å². The number of carbonyl (C=O) groups excluding carboxylic acids is 2. The molecule has 19 heavy (non-hydrogen) atoms. The van der Waals surface area contributed by atoms with Gasteiger partial charge in [0.2, 0.25) is 11.8 Å². The van der Waals surface area contributed by atoms with Gasteiger partial charge < -0.3 is 10.2 Å². The summed E-state index contributed by atoms with van der Waals surface area (Å²) in [6.07, 6.45) is 0.289. The van der Waals surface area contributed by atoms with Crippen LogP contribution in [0.4, 0.5) is 5.69 Å². The zero-order valence-electron chi connectivity index (χ0n) is 11.0. The molecule has 0 saturated carbocycles. The van der Waals surface area contributed by atoms with Gasteiger partial charge in [0.15, 0.2) is 0 Å². The quantitative estimate of drug-likeness (QED) is 0.925. The highest BCUT2D eigenvalue weighted by Crippen LogP contribution is 2.22. The van der Waals surface area contributed by atoms with Gasteiger partial charge in [-0.2, -0.15) is 0 Å². The molecule has 0 unspecified atom stereocenters. The van der Waals surface area contributed by atoms with Crippen LogP contribution in [-0.2, 0) is 9.59 Å². The lowest BCUT2D eigenvalue weighted by atomic mass is 10.1. The van der Waals surface area contributed by atoms with Crippen molar-refractivity contribution in [2.24, 2.45) is 5.92 Å². The SMILES string of the molecule is CC(C)N1C[C@H](C(=O)Nc2ccc(Cl)cc2)CC1=O.